The Morgan fingerprint density at radius 2 is 1.32 bits per heavy atom. The second-order valence-corrected chi connectivity index (χ2v) is 9.47. The van der Waals surface area contributed by atoms with Gasteiger partial charge in [-0.1, -0.05) is 0 Å². The Balaban J connectivity index is 2.31. The van der Waals surface area contributed by atoms with E-state index < -0.39 is 61.5 Å². The van der Waals surface area contributed by atoms with E-state index in [1.165, 1.54) is 31.2 Å². The first kappa shape index (κ1) is 30.3. The summed E-state index contributed by atoms with van der Waals surface area (Å²) in [7, 11) is -4.64. The minimum absolute atomic E-state index is 0.0789. The molecule has 13 nitrogen and oxygen atoms in total. The number of carbonyl (C=O) groups is 2. The smallest absolute Gasteiger partial charge is 0.465 e. The average Bonchev–Trinajstić information content (AvgIpc) is 2.85. The van der Waals surface area contributed by atoms with E-state index in [0.717, 1.165) is 24.3 Å². The quantitative estimate of drug-likeness (QED) is 0.148. The zero-order valence-corrected chi connectivity index (χ0v) is 20.6. The maximum atomic E-state index is 13.5. The molecule has 17 heteroatoms. The van der Waals surface area contributed by atoms with E-state index in [2.05, 4.69) is 4.74 Å². The third-order valence-corrected chi connectivity index (χ3v) is 6.38. The van der Waals surface area contributed by atoms with Crippen molar-refractivity contribution >= 4 is 30.8 Å². The highest BCUT2D eigenvalue weighted by molar-refractivity contribution is 7.53. The van der Waals surface area contributed by atoms with Crippen LogP contribution in [-0.2, 0) is 41.2 Å². The summed E-state index contributed by atoms with van der Waals surface area (Å²) < 4.78 is 68.2. The van der Waals surface area contributed by atoms with Crippen molar-refractivity contribution in [2.24, 2.45) is 0 Å². The highest BCUT2D eigenvalue weighted by atomic mass is 31.2. The van der Waals surface area contributed by atoms with Crippen LogP contribution in [0.5, 0.6) is 0 Å². The predicted octanol–water partition coefficient (Wildman–Crippen LogP) is 4.34. The van der Waals surface area contributed by atoms with Gasteiger partial charge in [0.05, 0.1) is 29.7 Å². The minimum atomic E-state index is -5.44. The molecule has 0 radical (unpaired) electrons. The lowest BCUT2D eigenvalue weighted by atomic mass is 10.2. The molecule has 0 unspecified atom stereocenters. The minimum Gasteiger partial charge on any atom is -0.465 e. The van der Waals surface area contributed by atoms with Gasteiger partial charge in [0.25, 0.3) is 11.4 Å². The van der Waals surface area contributed by atoms with Gasteiger partial charge in [0, 0.05) is 24.3 Å². The summed E-state index contributed by atoms with van der Waals surface area (Å²) in [5, 5.41) is 21.6. The predicted molar refractivity (Wildman–Crippen MR) is 123 cm³/mol. The molecule has 0 spiro atoms. The van der Waals surface area contributed by atoms with E-state index in [9.17, 15) is 47.6 Å². The van der Waals surface area contributed by atoms with Crippen molar-refractivity contribution in [2.45, 2.75) is 26.3 Å². The third kappa shape index (κ3) is 9.21. The van der Waals surface area contributed by atoms with Gasteiger partial charge < -0.3 is 18.7 Å². The highest BCUT2D eigenvalue weighted by Crippen LogP contribution is 2.50. The number of halogens is 3. The lowest BCUT2D eigenvalue weighted by molar-refractivity contribution is -0.385. The first-order chi connectivity index (χ1) is 17.7. The number of nitrogens with zero attached hydrogens (tertiary/aromatic N) is 3. The maximum Gasteiger partial charge on any atom is 0.471 e. The molecule has 2 aromatic carbocycles. The summed E-state index contributed by atoms with van der Waals surface area (Å²) in [4.78, 5) is 44.0. The molecule has 0 fully saturated rings. The van der Waals surface area contributed by atoms with Crippen LogP contribution in [0, 0.1) is 20.2 Å². The Kier molecular flexibility index (Phi) is 10.4. The molecule has 0 heterocycles. The summed E-state index contributed by atoms with van der Waals surface area (Å²) in [5.74, 6) is -3.70. The Morgan fingerprint density at radius 1 is 0.895 bits per heavy atom. The van der Waals surface area contributed by atoms with Crippen LogP contribution < -0.4 is 0 Å². The van der Waals surface area contributed by atoms with E-state index in [1.54, 1.807) is 0 Å². The molecule has 0 bridgehead atoms. The Hall–Kier alpha value is -3.88. The second-order valence-electron chi connectivity index (χ2n) is 7.45. The molecular weight excluding hydrogens is 542 g/mol. The van der Waals surface area contributed by atoms with E-state index in [4.69, 9.17) is 9.05 Å². The molecule has 0 N–H and O–H groups in total. The molecule has 206 valence electrons. The van der Waals surface area contributed by atoms with Gasteiger partial charge in [0.15, 0.2) is 0 Å². The van der Waals surface area contributed by atoms with Gasteiger partial charge in [0.1, 0.15) is 12.8 Å². The number of amides is 1. The first-order valence-corrected chi connectivity index (χ1v) is 12.3. The fraction of sp³-hybridized carbons (Fsp3) is 0.333. The van der Waals surface area contributed by atoms with Crippen LogP contribution in [0.2, 0.25) is 0 Å². The molecule has 2 rings (SSSR count). The Morgan fingerprint density at radius 3 is 1.66 bits per heavy atom. The van der Waals surface area contributed by atoms with Crippen molar-refractivity contribution in [1.82, 2.24) is 4.90 Å². The standard InChI is InChI=1S/C21H21F3N3O10P/c1-2-35-19(28)11-25(20(29)21(22,23)24)14-38(34,36-12-15-3-7-17(8-4-15)26(30)31)37-13-16-5-9-18(10-6-16)27(32)33/h3-10H,2,11-14H2,1H3. The van der Waals surface area contributed by atoms with Crippen LogP contribution in [0.15, 0.2) is 48.5 Å². The van der Waals surface area contributed by atoms with Crippen LogP contribution in [0.1, 0.15) is 18.1 Å². The molecule has 0 aromatic heterocycles. The van der Waals surface area contributed by atoms with E-state index in [1.807, 2.05) is 0 Å². The zero-order chi connectivity index (χ0) is 28.5. The number of hydrogen-bond donors (Lipinski definition) is 0. The SMILES string of the molecule is CCOC(=O)CN(CP(=O)(OCc1ccc([N+](=O)[O-])cc1)OCc1ccc([N+](=O)[O-])cc1)C(=O)C(F)(F)F. The number of nitro benzene ring substituents is 2. The molecular formula is C21H21F3N3O10P. The van der Waals surface area contributed by atoms with Gasteiger partial charge in [-0.3, -0.25) is 34.4 Å². The fourth-order valence-corrected chi connectivity index (χ4v) is 4.41. The van der Waals surface area contributed by atoms with Crippen molar-refractivity contribution in [3.05, 3.63) is 79.9 Å². The van der Waals surface area contributed by atoms with Gasteiger partial charge in [-0.2, -0.15) is 13.2 Å². The number of nitro groups is 2. The van der Waals surface area contributed by atoms with Crippen molar-refractivity contribution in [3.8, 4) is 0 Å². The van der Waals surface area contributed by atoms with Crippen molar-refractivity contribution < 1.29 is 51.0 Å². The summed E-state index contributed by atoms with van der Waals surface area (Å²) in [5.41, 5.74) is -0.0619. The van der Waals surface area contributed by atoms with Crippen molar-refractivity contribution in [1.29, 1.82) is 0 Å². The molecule has 0 saturated carbocycles. The topological polar surface area (TPSA) is 168 Å². The van der Waals surface area contributed by atoms with Crippen LogP contribution in [0.3, 0.4) is 0 Å². The Bertz CT molecular complexity index is 1140. The fourth-order valence-electron chi connectivity index (χ4n) is 2.83. The summed E-state index contributed by atoms with van der Waals surface area (Å²) >= 11 is 0. The van der Waals surface area contributed by atoms with Gasteiger partial charge in [-0.15, -0.1) is 0 Å². The molecule has 1 amide bonds. The number of carbonyl (C=O) groups excluding carboxylic acids is 2. The zero-order valence-electron chi connectivity index (χ0n) is 19.7. The van der Waals surface area contributed by atoms with Crippen molar-refractivity contribution in [3.63, 3.8) is 0 Å². The van der Waals surface area contributed by atoms with Gasteiger partial charge in [-0.25, -0.2) is 0 Å². The summed E-state index contributed by atoms with van der Waals surface area (Å²) in [6.45, 7) is -1.12. The molecule has 0 saturated heterocycles. The summed E-state index contributed by atoms with van der Waals surface area (Å²) in [6, 6.07) is 9.44. The number of rotatable bonds is 13. The number of alkyl halides is 3. The van der Waals surface area contributed by atoms with Crippen LogP contribution in [-0.4, -0.2) is 52.2 Å². The van der Waals surface area contributed by atoms with Crippen LogP contribution >= 0.6 is 7.60 Å². The average molecular weight is 563 g/mol. The number of hydrogen-bond acceptors (Lipinski definition) is 10. The number of benzene rings is 2. The number of esters is 1. The van der Waals surface area contributed by atoms with Crippen LogP contribution in [0.4, 0.5) is 24.5 Å². The first-order valence-electron chi connectivity index (χ1n) is 10.6. The van der Waals surface area contributed by atoms with Crippen molar-refractivity contribution in [2.75, 3.05) is 19.4 Å². The van der Waals surface area contributed by atoms with E-state index in [-0.39, 0.29) is 34.0 Å². The van der Waals surface area contributed by atoms with Crippen LogP contribution in [0.25, 0.3) is 0 Å². The second kappa shape index (κ2) is 13.1. The highest BCUT2D eigenvalue weighted by Gasteiger charge is 2.46. The lowest BCUT2D eigenvalue weighted by Gasteiger charge is -2.27. The number of ether oxygens (including phenoxy) is 1. The third-order valence-electron chi connectivity index (χ3n) is 4.65. The molecule has 2 aromatic rings. The molecule has 0 aliphatic rings. The lowest BCUT2D eigenvalue weighted by Crippen LogP contribution is -2.44. The largest absolute Gasteiger partial charge is 0.471 e. The van der Waals surface area contributed by atoms with Gasteiger partial charge in [0.2, 0.25) is 0 Å². The Labute approximate surface area is 212 Å². The maximum absolute atomic E-state index is 13.5. The van der Waals surface area contributed by atoms with Gasteiger partial charge >= 0.3 is 25.6 Å². The normalized spacial score (nSPS) is 11.6. The monoisotopic (exact) mass is 563 g/mol. The molecule has 0 aliphatic heterocycles. The van der Waals surface area contributed by atoms with E-state index in [0.29, 0.717) is 0 Å². The van der Waals surface area contributed by atoms with E-state index >= 15 is 0 Å². The molecule has 0 aliphatic carbocycles. The number of non-ortho nitro benzene ring substituents is 2. The summed E-state index contributed by atoms with van der Waals surface area (Å²) in [6.07, 6.45) is -6.74. The molecule has 38 heavy (non-hydrogen) atoms. The molecule has 0 atom stereocenters. The van der Waals surface area contributed by atoms with Gasteiger partial charge in [-0.05, 0) is 42.3 Å².